The number of aliphatic hydroxyl groups excluding tert-OH is 1. The molecule has 0 unspecified atom stereocenters. The van der Waals surface area contributed by atoms with Crippen molar-refractivity contribution in [1.29, 1.82) is 0 Å². The van der Waals surface area contributed by atoms with E-state index in [1.807, 2.05) is 0 Å². The van der Waals surface area contributed by atoms with Gasteiger partial charge in [0.05, 0.1) is 24.1 Å². The Labute approximate surface area is 109 Å². The second-order valence-corrected chi connectivity index (χ2v) is 4.56. The van der Waals surface area contributed by atoms with E-state index in [4.69, 9.17) is 5.11 Å². The molecular formula is C11H8BrF3N2O. The van der Waals surface area contributed by atoms with E-state index in [0.717, 1.165) is 12.1 Å². The highest BCUT2D eigenvalue weighted by molar-refractivity contribution is 9.10. The summed E-state index contributed by atoms with van der Waals surface area (Å²) in [6.45, 7) is -0.243. The Bertz CT molecular complexity index is 566. The van der Waals surface area contributed by atoms with Gasteiger partial charge in [-0.25, -0.2) is 4.98 Å². The summed E-state index contributed by atoms with van der Waals surface area (Å²) in [5.74, 6) is 0.283. The molecule has 0 aliphatic rings. The quantitative estimate of drug-likeness (QED) is 0.891. The molecule has 0 saturated carbocycles. The third-order valence-electron chi connectivity index (χ3n) is 2.30. The third kappa shape index (κ3) is 2.73. The van der Waals surface area contributed by atoms with Crippen molar-refractivity contribution in [2.75, 3.05) is 0 Å². The summed E-state index contributed by atoms with van der Waals surface area (Å²) in [5, 5.41) is 8.88. The molecule has 18 heavy (non-hydrogen) atoms. The van der Waals surface area contributed by atoms with Gasteiger partial charge in [0.25, 0.3) is 0 Å². The fourth-order valence-corrected chi connectivity index (χ4v) is 1.97. The van der Waals surface area contributed by atoms with Gasteiger partial charge >= 0.3 is 6.18 Å². The number of nitrogens with zero attached hydrogens (tertiary/aromatic N) is 1. The van der Waals surface area contributed by atoms with E-state index >= 15 is 0 Å². The van der Waals surface area contributed by atoms with Crippen LogP contribution >= 0.6 is 15.9 Å². The van der Waals surface area contributed by atoms with Crippen LogP contribution in [0.5, 0.6) is 0 Å². The van der Waals surface area contributed by atoms with Gasteiger partial charge in [0.1, 0.15) is 5.82 Å². The summed E-state index contributed by atoms with van der Waals surface area (Å²) in [6, 6.07) is 3.53. The Kier molecular flexibility index (Phi) is 3.45. The first-order valence-electron chi connectivity index (χ1n) is 4.93. The van der Waals surface area contributed by atoms with Gasteiger partial charge in [-0.05, 0) is 18.2 Å². The number of hydrogen-bond acceptors (Lipinski definition) is 2. The molecule has 0 bridgehead atoms. The van der Waals surface area contributed by atoms with Gasteiger partial charge in [0.15, 0.2) is 0 Å². The number of H-pyrrole nitrogens is 1. The standard InChI is InChI=1S/C11H8BrF3N2O/c12-8-2-6(1-7(3-8)11(13,14)15)10-16-4-9(5-18)17-10/h1-4,18H,5H2,(H,16,17). The van der Waals surface area contributed by atoms with Gasteiger partial charge in [-0.15, -0.1) is 0 Å². The predicted octanol–water partition coefficient (Wildman–Crippen LogP) is 3.35. The van der Waals surface area contributed by atoms with Crippen LogP contribution in [0.15, 0.2) is 28.9 Å². The molecule has 0 saturated heterocycles. The van der Waals surface area contributed by atoms with Crippen LogP contribution in [-0.2, 0) is 12.8 Å². The number of imidazole rings is 1. The van der Waals surface area contributed by atoms with E-state index < -0.39 is 11.7 Å². The zero-order valence-electron chi connectivity index (χ0n) is 8.92. The zero-order chi connectivity index (χ0) is 13.3. The maximum Gasteiger partial charge on any atom is 0.416 e. The molecule has 0 aliphatic heterocycles. The van der Waals surface area contributed by atoms with E-state index in [-0.39, 0.29) is 12.4 Å². The summed E-state index contributed by atoms with van der Waals surface area (Å²) in [4.78, 5) is 6.65. The first-order valence-corrected chi connectivity index (χ1v) is 5.72. The maximum atomic E-state index is 12.6. The Morgan fingerprint density at radius 2 is 2.00 bits per heavy atom. The summed E-state index contributed by atoms with van der Waals surface area (Å²) in [5.41, 5.74) is -0.0104. The molecule has 2 aromatic rings. The molecule has 1 aromatic carbocycles. The van der Waals surface area contributed by atoms with Gasteiger partial charge in [0.2, 0.25) is 0 Å². The molecule has 0 aliphatic carbocycles. The van der Waals surface area contributed by atoms with Crippen LogP contribution in [0, 0.1) is 0 Å². The molecular weight excluding hydrogens is 313 g/mol. The van der Waals surface area contributed by atoms with Gasteiger partial charge in [-0.2, -0.15) is 13.2 Å². The average molecular weight is 321 g/mol. The van der Waals surface area contributed by atoms with Gasteiger partial charge < -0.3 is 10.1 Å². The Morgan fingerprint density at radius 1 is 1.28 bits per heavy atom. The van der Waals surface area contributed by atoms with E-state index in [9.17, 15) is 13.2 Å². The second kappa shape index (κ2) is 4.74. The van der Waals surface area contributed by atoms with E-state index in [1.54, 1.807) is 0 Å². The first kappa shape index (κ1) is 13.1. The highest BCUT2D eigenvalue weighted by Gasteiger charge is 2.31. The lowest BCUT2D eigenvalue weighted by Crippen LogP contribution is -2.05. The zero-order valence-corrected chi connectivity index (χ0v) is 10.5. The van der Waals surface area contributed by atoms with Crippen LogP contribution in [0.25, 0.3) is 11.4 Å². The number of aromatic nitrogens is 2. The maximum absolute atomic E-state index is 12.6. The number of aliphatic hydroxyl groups is 1. The number of alkyl halides is 3. The van der Waals surface area contributed by atoms with Crippen molar-refractivity contribution in [2.24, 2.45) is 0 Å². The lowest BCUT2D eigenvalue weighted by atomic mass is 10.1. The van der Waals surface area contributed by atoms with Gasteiger partial charge in [-0.3, -0.25) is 0 Å². The molecule has 0 atom stereocenters. The van der Waals surface area contributed by atoms with Crippen molar-refractivity contribution in [3.63, 3.8) is 0 Å². The van der Waals surface area contributed by atoms with E-state index in [2.05, 4.69) is 25.9 Å². The molecule has 0 amide bonds. The van der Waals surface area contributed by atoms with Crippen molar-refractivity contribution in [1.82, 2.24) is 9.97 Å². The molecule has 3 nitrogen and oxygen atoms in total. The van der Waals surface area contributed by atoms with Crippen LogP contribution in [0.1, 0.15) is 11.3 Å². The Morgan fingerprint density at radius 3 is 2.56 bits per heavy atom. The largest absolute Gasteiger partial charge is 0.416 e. The summed E-state index contributed by atoms with van der Waals surface area (Å²) in [7, 11) is 0. The van der Waals surface area contributed by atoms with Crippen LogP contribution in [0.2, 0.25) is 0 Å². The number of halogens is 4. The highest BCUT2D eigenvalue weighted by atomic mass is 79.9. The van der Waals surface area contributed by atoms with Crippen LogP contribution < -0.4 is 0 Å². The summed E-state index contributed by atoms with van der Waals surface area (Å²) >= 11 is 3.04. The fourth-order valence-electron chi connectivity index (χ4n) is 1.48. The Hall–Kier alpha value is -1.34. The topological polar surface area (TPSA) is 48.9 Å². The van der Waals surface area contributed by atoms with Crippen LogP contribution in [0.3, 0.4) is 0 Å². The predicted molar refractivity (Wildman–Crippen MR) is 62.6 cm³/mol. The van der Waals surface area contributed by atoms with Crippen molar-refractivity contribution < 1.29 is 18.3 Å². The number of nitrogens with one attached hydrogen (secondary N) is 1. The molecule has 1 aromatic heterocycles. The third-order valence-corrected chi connectivity index (χ3v) is 2.76. The number of benzene rings is 1. The average Bonchev–Trinajstić information content (AvgIpc) is 2.75. The van der Waals surface area contributed by atoms with Crippen LogP contribution in [0.4, 0.5) is 13.2 Å². The molecule has 2 N–H and O–H groups in total. The molecule has 0 spiro atoms. The number of aromatic amines is 1. The SMILES string of the molecule is OCc1cnc(-c2cc(Br)cc(C(F)(F)F)c2)[nH]1. The second-order valence-electron chi connectivity index (χ2n) is 3.64. The minimum absolute atomic E-state index is 0.243. The van der Waals surface area contributed by atoms with Crippen molar-refractivity contribution >= 4 is 15.9 Å². The lowest BCUT2D eigenvalue weighted by Gasteiger charge is -2.08. The minimum atomic E-state index is -4.41. The molecule has 0 fully saturated rings. The molecule has 0 radical (unpaired) electrons. The fraction of sp³-hybridized carbons (Fsp3) is 0.182. The first-order chi connectivity index (χ1) is 8.40. The minimum Gasteiger partial charge on any atom is -0.390 e. The monoisotopic (exact) mass is 320 g/mol. The summed E-state index contributed by atoms with van der Waals surface area (Å²) < 4.78 is 38.2. The van der Waals surface area contributed by atoms with E-state index in [1.165, 1.54) is 12.3 Å². The van der Waals surface area contributed by atoms with Crippen LogP contribution in [-0.4, -0.2) is 15.1 Å². The van der Waals surface area contributed by atoms with E-state index in [0.29, 0.717) is 15.7 Å². The van der Waals surface area contributed by atoms with Gasteiger partial charge in [0, 0.05) is 10.0 Å². The highest BCUT2D eigenvalue weighted by Crippen LogP contribution is 2.34. The molecule has 96 valence electrons. The molecule has 1 heterocycles. The van der Waals surface area contributed by atoms with Crippen molar-refractivity contribution in [3.05, 3.63) is 40.1 Å². The normalized spacial score (nSPS) is 11.8. The summed E-state index contributed by atoms with van der Waals surface area (Å²) in [6.07, 6.45) is -3.03. The van der Waals surface area contributed by atoms with Gasteiger partial charge in [-0.1, -0.05) is 15.9 Å². The molecule has 7 heteroatoms. The van der Waals surface area contributed by atoms with Crippen molar-refractivity contribution in [3.8, 4) is 11.4 Å². The lowest BCUT2D eigenvalue weighted by molar-refractivity contribution is -0.137. The Balaban J connectivity index is 2.48. The number of hydrogen-bond donors (Lipinski definition) is 2. The smallest absolute Gasteiger partial charge is 0.390 e. The van der Waals surface area contributed by atoms with Crippen molar-refractivity contribution in [2.45, 2.75) is 12.8 Å². The number of rotatable bonds is 2. The molecule has 2 rings (SSSR count).